The maximum absolute atomic E-state index is 13.1. The lowest BCUT2D eigenvalue weighted by Crippen LogP contribution is -2.06. The third-order valence-electron chi connectivity index (χ3n) is 3.08. The third kappa shape index (κ3) is 2.63. The molecule has 18 heavy (non-hydrogen) atoms. The highest BCUT2D eigenvalue weighted by molar-refractivity contribution is 6.08. The number of hydrogen-bond donors (Lipinski definition) is 0. The monoisotopic (exact) mass is 254 g/mol. The minimum atomic E-state index is -1.54. The number of hydrogen-bond acceptors (Lipinski definition) is 1. The lowest BCUT2D eigenvalue weighted by molar-refractivity contribution is 0.102. The van der Waals surface area contributed by atoms with E-state index in [1.165, 1.54) is 0 Å². The number of carbonyl (C=O) groups excluding carboxylic acids is 1. The molecule has 0 saturated heterocycles. The van der Waals surface area contributed by atoms with Crippen LogP contribution in [0.4, 0.5) is 13.2 Å². The molecule has 1 aromatic rings. The predicted octanol–water partition coefficient (Wildman–Crippen LogP) is 4.18. The Balaban J connectivity index is 2.31. The molecule has 1 aromatic carbocycles. The van der Waals surface area contributed by atoms with Gasteiger partial charge in [-0.15, -0.1) is 0 Å². The topological polar surface area (TPSA) is 17.1 Å². The summed E-state index contributed by atoms with van der Waals surface area (Å²) in [5.74, 6) is -4.60. The van der Waals surface area contributed by atoms with Crippen LogP contribution in [0.1, 0.15) is 42.5 Å². The van der Waals surface area contributed by atoms with Crippen LogP contribution < -0.4 is 0 Å². The van der Waals surface area contributed by atoms with Crippen molar-refractivity contribution >= 4 is 5.78 Å². The lowest BCUT2D eigenvalue weighted by Gasteiger charge is -2.05. The molecule has 0 atom stereocenters. The molecule has 0 saturated carbocycles. The molecule has 0 unspecified atom stereocenters. The first-order valence-electron chi connectivity index (χ1n) is 5.98. The van der Waals surface area contributed by atoms with E-state index >= 15 is 0 Å². The van der Waals surface area contributed by atoms with Gasteiger partial charge in [0.2, 0.25) is 0 Å². The van der Waals surface area contributed by atoms with Gasteiger partial charge in [0.1, 0.15) is 0 Å². The fourth-order valence-electron chi connectivity index (χ4n) is 2.09. The van der Waals surface area contributed by atoms with Crippen LogP contribution >= 0.6 is 0 Å². The number of rotatable bonds is 2. The molecule has 96 valence electrons. The minimum absolute atomic E-state index is 0.125. The molecule has 0 N–H and O–H groups in total. The number of Topliss-reactive ketones (excluding diaryl/α,β-unsaturated/α-hetero) is 1. The van der Waals surface area contributed by atoms with E-state index < -0.39 is 23.2 Å². The smallest absolute Gasteiger partial charge is 0.194 e. The van der Waals surface area contributed by atoms with Gasteiger partial charge in [0, 0.05) is 5.56 Å². The van der Waals surface area contributed by atoms with Crippen LogP contribution in [0.15, 0.2) is 23.8 Å². The van der Waals surface area contributed by atoms with Crippen molar-refractivity contribution in [3.63, 3.8) is 0 Å². The molecule has 0 bridgehead atoms. The Bertz CT molecular complexity index is 483. The van der Waals surface area contributed by atoms with Gasteiger partial charge < -0.3 is 0 Å². The van der Waals surface area contributed by atoms with E-state index in [1.807, 2.05) is 6.08 Å². The second-order valence-corrected chi connectivity index (χ2v) is 4.41. The summed E-state index contributed by atoms with van der Waals surface area (Å²) in [5.41, 5.74) is 0.442. The fraction of sp³-hybridized carbons (Fsp3) is 0.357. The van der Waals surface area contributed by atoms with Gasteiger partial charge in [-0.1, -0.05) is 12.5 Å². The Morgan fingerprint density at radius 1 is 1.00 bits per heavy atom. The van der Waals surface area contributed by atoms with Gasteiger partial charge in [0.05, 0.1) is 0 Å². The average molecular weight is 254 g/mol. The highest BCUT2D eigenvalue weighted by Gasteiger charge is 2.18. The molecule has 2 rings (SSSR count). The summed E-state index contributed by atoms with van der Waals surface area (Å²) in [4.78, 5) is 12.0. The molecule has 0 amide bonds. The van der Waals surface area contributed by atoms with Gasteiger partial charge in [-0.2, -0.15) is 0 Å². The summed E-state index contributed by atoms with van der Waals surface area (Å²) < 4.78 is 38.9. The molecule has 1 nitrogen and oxygen atoms in total. The Labute approximate surface area is 103 Å². The zero-order valence-corrected chi connectivity index (χ0v) is 9.81. The van der Waals surface area contributed by atoms with E-state index in [2.05, 4.69) is 0 Å². The van der Waals surface area contributed by atoms with Crippen molar-refractivity contribution in [3.05, 3.63) is 46.8 Å². The van der Waals surface area contributed by atoms with Gasteiger partial charge in [-0.25, -0.2) is 13.2 Å². The zero-order valence-electron chi connectivity index (χ0n) is 9.81. The lowest BCUT2D eigenvalue weighted by atomic mass is 9.99. The van der Waals surface area contributed by atoms with Crippen LogP contribution in [0, 0.1) is 17.5 Å². The van der Waals surface area contributed by atoms with E-state index in [-0.39, 0.29) is 5.56 Å². The summed E-state index contributed by atoms with van der Waals surface area (Å²) in [6.07, 6.45) is 6.17. The maximum atomic E-state index is 13.1. The SMILES string of the molecule is O=C(C1=CCCCCC1)c1cc(F)c(F)c(F)c1. The number of benzene rings is 1. The molecule has 0 aromatic heterocycles. The molecule has 1 aliphatic rings. The van der Waals surface area contributed by atoms with E-state index in [0.29, 0.717) is 12.0 Å². The average Bonchev–Trinajstić information content (AvgIpc) is 2.63. The van der Waals surface area contributed by atoms with Crippen LogP contribution in [0.25, 0.3) is 0 Å². The van der Waals surface area contributed by atoms with E-state index in [4.69, 9.17) is 0 Å². The first kappa shape index (κ1) is 12.9. The van der Waals surface area contributed by atoms with Gasteiger partial charge in [0.25, 0.3) is 0 Å². The number of carbonyl (C=O) groups is 1. The van der Waals surface area contributed by atoms with Crippen LogP contribution in [-0.4, -0.2) is 5.78 Å². The van der Waals surface area contributed by atoms with E-state index in [0.717, 1.165) is 37.8 Å². The molecular weight excluding hydrogens is 241 g/mol. The second kappa shape index (κ2) is 5.38. The van der Waals surface area contributed by atoms with Crippen LogP contribution in [0.2, 0.25) is 0 Å². The minimum Gasteiger partial charge on any atom is -0.289 e. The summed E-state index contributed by atoms with van der Waals surface area (Å²) >= 11 is 0. The molecule has 0 aliphatic heterocycles. The van der Waals surface area contributed by atoms with Crippen molar-refractivity contribution in [2.24, 2.45) is 0 Å². The Hall–Kier alpha value is -1.58. The zero-order chi connectivity index (χ0) is 13.1. The highest BCUT2D eigenvalue weighted by atomic mass is 19.2. The summed E-state index contributed by atoms with van der Waals surface area (Å²) in [6, 6.07) is 1.51. The number of ketones is 1. The molecule has 0 spiro atoms. The van der Waals surface area contributed by atoms with Crippen molar-refractivity contribution in [2.75, 3.05) is 0 Å². The maximum Gasteiger partial charge on any atom is 0.194 e. The quantitative estimate of drug-likeness (QED) is 0.571. The van der Waals surface area contributed by atoms with Crippen molar-refractivity contribution in [1.82, 2.24) is 0 Å². The van der Waals surface area contributed by atoms with Crippen LogP contribution in [-0.2, 0) is 0 Å². The van der Waals surface area contributed by atoms with Crippen LogP contribution in [0.5, 0.6) is 0 Å². The molecular formula is C14H13F3O. The Morgan fingerprint density at radius 3 is 2.33 bits per heavy atom. The van der Waals surface area contributed by atoms with E-state index in [9.17, 15) is 18.0 Å². The first-order valence-corrected chi connectivity index (χ1v) is 5.98. The van der Waals surface area contributed by atoms with Crippen molar-refractivity contribution in [1.29, 1.82) is 0 Å². The Morgan fingerprint density at radius 2 is 1.67 bits per heavy atom. The molecule has 1 aliphatic carbocycles. The standard InChI is InChI=1S/C14H13F3O/c15-11-7-10(8-12(16)13(11)17)14(18)9-5-3-1-2-4-6-9/h5,7-8H,1-4,6H2. The van der Waals surface area contributed by atoms with Gasteiger partial charge in [0.15, 0.2) is 23.2 Å². The van der Waals surface area contributed by atoms with E-state index in [1.54, 1.807) is 0 Å². The summed E-state index contributed by atoms with van der Waals surface area (Å²) in [7, 11) is 0. The summed E-state index contributed by atoms with van der Waals surface area (Å²) in [6.45, 7) is 0. The normalized spacial score (nSPS) is 16.1. The van der Waals surface area contributed by atoms with Gasteiger partial charge in [-0.3, -0.25) is 4.79 Å². The van der Waals surface area contributed by atoms with Gasteiger partial charge >= 0.3 is 0 Å². The number of halogens is 3. The second-order valence-electron chi connectivity index (χ2n) is 4.41. The van der Waals surface area contributed by atoms with Gasteiger partial charge in [-0.05, 0) is 43.4 Å². The highest BCUT2D eigenvalue weighted by Crippen LogP contribution is 2.22. The molecule has 4 heteroatoms. The molecule has 0 fully saturated rings. The van der Waals surface area contributed by atoms with Crippen LogP contribution in [0.3, 0.4) is 0 Å². The Kier molecular flexibility index (Phi) is 3.84. The first-order chi connectivity index (χ1) is 8.59. The van der Waals surface area contributed by atoms with Crippen molar-refractivity contribution in [2.45, 2.75) is 32.1 Å². The largest absolute Gasteiger partial charge is 0.289 e. The summed E-state index contributed by atoms with van der Waals surface area (Å²) in [5, 5.41) is 0. The van der Waals surface area contributed by atoms with Crippen molar-refractivity contribution in [3.8, 4) is 0 Å². The predicted molar refractivity (Wildman–Crippen MR) is 61.8 cm³/mol. The third-order valence-corrected chi connectivity index (χ3v) is 3.08. The van der Waals surface area contributed by atoms with Crippen molar-refractivity contribution < 1.29 is 18.0 Å². The molecule has 0 radical (unpaired) electrons. The molecule has 0 heterocycles. The number of allylic oxidation sites excluding steroid dienone is 2. The fourth-order valence-corrected chi connectivity index (χ4v) is 2.09.